The molecule has 2 aromatic rings. The zero-order valence-corrected chi connectivity index (χ0v) is 10.8. The van der Waals surface area contributed by atoms with Crippen molar-refractivity contribution in [1.82, 2.24) is 20.4 Å². The number of hydrazine groups is 1. The van der Waals surface area contributed by atoms with Gasteiger partial charge in [-0.2, -0.15) is 0 Å². The third-order valence-corrected chi connectivity index (χ3v) is 3.39. The fraction of sp³-hybridized carbons (Fsp3) is 0.182. The lowest BCUT2D eigenvalue weighted by atomic mass is 10.3. The van der Waals surface area contributed by atoms with Crippen LogP contribution >= 0.6 is 11.8 Å². The van der Waals surface area contributed by atoms with Gasteiger partial charge >= 0.3 is 0 Å². The number of benzene rings is 1. The minimum absolute atomic E-state index is 0.176. The van der Waals surface area contributed by atoms with E-state index in [1.165, 1.54) is 18.0 Å². The van der Waals surface area contributed by atoms with Gasteiger partial charge in [0, 0.05) is 10.6 Å². The van der Waals surface area contributed by atoms with Crippen LogP contribution in [0, 0.1) is 0 Å². The topological polar surface area (TPSA) is 106 Å². The number of nitrogen functional groups attached to an aromatic ring is 1. The number of carbonyl (C=O) groups excluding carboxylic acids is 1. The molecule has 2 rings (SSSR count). The smallest absolute Gasteiger partial charge is 0.287 e. The summed E-state index contributed by atoms with van der Waals surface area (Å²) in [4.78, 5) is 12.0. The Balaban J connectivity index is 1.88. The Morgan fingerprint density at radius 2 is 2.26 bits per heavy atom. The van der Waals surface area contributed by atoms with Crippen molar-refractivity contribution in [3.05, 3.63) is 36.2 Å². The molecular weight excluding hydrogens is 266 g/mol. The van der Waals surface area contributed by atoms with Crippen LogP contribution in [0.25, 0.3) is 0 Å². The Bertz CT molecular complexity index is 572. The van der Waals surface area contributed by atoms with Gasteiger partial charge in [-0.25, -0.2) is 5.84 Å². The van der Waals surface area contributed by atoms with Crippen LogP contribution in [0.5, 0.6) is 5.75 Å². The molecule has 0 spiro atoms. The van der Waals surface area contributed by atoms with E-state index in [9.17, 15) is 9.90 Å². The molecule has 8 heteroatoms. The summed E-state index contributed by atoms with van der Waals surface area (Å²) in [5, 5.41) is 17.1. The van der Waals surface area contributed by atoms with Gasteiger partial charge in [0.15, 0.2) is 5.69 Å². The molecular formula is C11H13N5O2S. The molecule has 4 N–H and O–H groups in total. The monoisotopic (exact) mass is 279 g/mol. The summed E-state index contributed by atoms with van der Waals surface area (Å²) in [7, 11) is 0. The van der Waals surface area contributed by atoms with Gasteiger partial charge in [0.25, 0.3) is 5.91 Å². The normalized spacial score (nSPS) is 10.4. The second-order valence-electron chi connectivity index (χ2n) is 3.66. The number of nitrogens with two attached hydrogens (primary N) is 1. The first-order valence-corrected chi connectivity index (χ1v) is 6.51. The predicted octanol–water partition coefficient (Wildman–Crippen LogP) is 0.379. The summed E-state index contributed by atoms with van der Waals surface area (Å²) in [5.41, 5.74) is 2.17. The van der Waals surface area contributed by atoms with Gasteiger partial charge in [0.2, 0.25) is 0 Å². The Morgan fingerprint density at radius 3 is 3.00 bits per heavy atom. The molecule has 1 amide bonds. The fourth-order valence-corrected chi connectivity index (χ4v) is 2.30. The maximum atomic E-state index is 11.2. The highest BCUT2D eigenvalue weighted by Crippen LogP contribution is 2.27. The standard InChI is InChI=1S/C11H13N5O2S/c12-13-11(18)8-7-16(15-14-8)5-6-19-10-4-2-1-3-9(10)17/h1-4,7,17H,5-6,12H2,(H,13,18). The Kier molecular flexibility index (Phi) is 4.37. The van der Waals surface area contributed by atoms with Gasteiger partial charge in [0.05, 0.1) is 12.7 Å². The molecule has 1 heterocycles. The molecule has 1 aromatic carbocycles. The summed E-state index contributed by atoms with van der Waals surface area (Å²) in [6.07, 6.45) is 1.52. The summed E-state index contributed by atoms with van der Waals surface area (Å²) in [5.74, 6) is 5.48. The van der Waals surface area contributed by atoms with E-state index < -0.39 is 5.91 Å². The molecule has 0 aliphatic carbocycles. The number of nitrogens with one attached hydrogen (secondary N) is 1. The molecule has 0 bridgehead atoms. The number of aromatic hydroxyl groups is 1. The van der Waals surface area contributed by atoms with E-state index in [0.717, 1.165) is 4.90 Å². The molecule has 19 heavy (non-hydrogen) atoms. The Morgan fingerprint density at radius 1 is 1.47 bits per heavy atom. The van der Waals surface area contributed by atoms with Gasteiger partial charge < -0.3 is 5.11 Å². The lowest BCUT2D eigenvalue weighted by Gasteiger charge is -2.03. The number of phenolic OH excluding ortho intramolecular Hbond substituents is 1. The number of carbonyl (C=O) groups is 1. The molecule has 7 nitrogen and oxygen atoms in total. The van der Waals surface area contributed by atoms with Gasteiger partial charge in [-0.1, -0.05) is 17.3 Å². The maximum absolute atomic E-state index is 11.2. The number of rotatable bonds is 5. The summed E-state index contributed by atoms with van der Waals surface area (Å²) < 4.78 is 1.55. The Hall–Kier alpha value is -2.06. The third kappa shape index (κ3) is 3.46. The van der Waals surface area contributed by atoms with Gasteiger partial charge in [-0.3, -0.25) is 14.9 Å². The first-order chi connectivity index (χ1) is 9.20. The summed E-state index contributed by atoms with van der Waals surface area (Å²) in [6.45, 7) is 0.573. The van der Waals surface area contributed by atoms with E-state index in [-0.39, 0.29) is 11.4 Å². The molecule has 1 aromatic heterocycles. The minimum atomic E-state index is -0.473. The molecule has 0 radical (unpaired) electrons. The zero-order chi connectivity index (χ0) is 13.7. The van der Waals surface area contributed by atoms with Crippen LogP contribution in [0.4, 0.5) is 0 Å². The van der Waals surface area contributed by atoms with Crippen LogP contribution in [0.15, 0.2) is 35.4 Å². The Labute approximate surface area is 113 Å². The van der Waals surface area contributed by atoms with Crippen molar-refractivity contribution in [2.45, 2.75) is 11.4 Å². The van der Waals surface area contributed by atoms with Crippen molar-refractivity contribution in [3.8, 4) is 5.75 Å². The maximum Gasteiger partial charge on any atom is 0.287 e. The summed E-state index contributed by atoms with van der Waals surface area (Å²) in [6, 6.07) is 7.12. The average Bonchev–Trinajstić information content (AvgIpc) is 2.89. The van der Waals surface area contributed by atoms with Crippen LogP contribution in [0.2, 0.25) is 0 Å². The molecule has 0 saturated carbocycles. The number of aromatic nitrogens is 3. The van der Waals surface area contributed by atoms with Crippen LogP contribution in [-0.4, -0.2) is 31.8 Å². The number of thioether (sulfide) groups is 1. The lowest BCUT2D eigenvalue weighted by Crippen LogP contribution is -2.30. The number of nitrogens with zero attached hydrogens (tertiary/aromatic N) is 3. The molecule has 0 unspecified atom stereocenters. The van der Waals surface area contributed by atoms with Crippen molar-refractivity contribution >= 4 is 17.7 Å². The second-order valence-corrected chi connectivity index (χ2v) is 4.79. The highest BCUT2D eigenvalue weighted by atomic mass is 32.2. The van der Waals surface area contributed by atoms with E-state index in [0.29, 0.717) is 12.3 Å². The van der Waals surface area contributed by atoms with Crippen LogP contribution in [0.1, 0.15) is 10.5 Å². The van der Waals surface area contributed by atoms with E-state index in [1.54, 1.807) is 16.8 Å². The molecule has 0 atom stereocenters. The lowest BCUT2D eigenvalue weighted by molar-refractivity contribution is 0.0948. The third-order valence-electron chi connectivity index (χ3n) is 2.35. The largest absolute Gasteiger partial charge is 0.507 e. The molecule has 0 fully saturated rings. The van der Waals surface area contributed by atoms with E-state index in [4.69, 9.17) is 5.84 Å². The zero-order valence-electron chi connectivity index (χ0n) is 9.98. The molecule has 0 saturated heterocycles. The number of para-hydroxylation sites is 1. The van der Waals surface area contributed by atoms with Crippen LogP contribution in [0.3, 0.4) is 0 Å². The van der Waals surface area contributed by atoms with Crippen LogP contribution < -0.4 is 11.3 Å². The average molecular weight is 279 g/mol. The number of hydrogen-bond donors (Lipinski definition) is 3. The van der Waals surface area contributed by atoms with E-state index in [1.807, 2.05) is 17.6 Å². The number of aryl methyl sites for hydroxylation is 1. The van der Waals surface area contributed by atoms with Gasteiger partial charge in [-0.15, -0.1) is 16.9 Å². The molecule has 100 valence electrons. The van der Waals surface area contributed by atoms with Gasteiger partial charge in [0.1, 0.15) is 5.75 Å². The SMILES string of the molecule is NNC(=O)c1cn(CCSc2ccccc2O)nn1. The van der Waals surface area contributed by atoms with Crippen molar-refractivity contribution in [2.75, 3.05) is 5.75 Å². The predicted molar refractivity (Wildman–Crippen MR) is 70.5 cm³/mol. The number of hydrogen-bond acceptors (Lipinski definition) is 6. The first kappa shape index (κ1) is 13.4. The van der Waals surface area contributed by atoms with Crippen molar-refractivity contribution in [1.29, 1.82) is 0 Å². The first-order valence-electron chi connectivity index (χ1n) is 5.52. The highest BCUT2D eigenvalue weighted by molar-refractivity contribution is 7.99. The van der Waals surface area contributed by atoms with E-state index in [2.05, 4.69) is 10.3 Å². The summed E-state index contributed by atoms with van der Waals surface area (Å²) >= 11 is 1.50. The minimum Gasteiger partial charge on any atom is -0.507 e. The van der Waals surface area contributed by atoms with E-state index >= 15 is 0 Å². The number of amides is 1. The van der Waals surface area contributed by atoms with Crippen LogP contribution in [-0.2, 0) is 6.54 Å². The highest BCUT2D eigenvalue weighted by Gasteiger charge is 2.08. The molecule has 0 aliphatic heterocycles. The molecule has 0 aliphatic rings. The quantitative estimate of drug-likeness (QED) is 0.316. The van der Waals surface area contributed by atoms with Crippen molar-refractivity contribution in [3.63, 3.8) is 0 Å². The van der Waals surface area contributed by atoms with Crippen molar-refractivity contribution < 1.29 is 9.90 Å². The number of phenols is 1. The van der Waals surface area contributed by atoms with Crippen molar-refractivity contribution in [2.24, 2.45) is 5.84 Å². The van der Waals surface area contributed by atoms with Gasteiger partial charge in [-0.05, 0) is 12.1 Å². The fourth-order valence-electron chi connectivity index (χ4n) is 1.41. The second kappa shape index (κ2) is 6.21.